The van der Waals surface area contributed by atoms with Gasteiger partial charge in [0.1, 0.15) is 5.82 Å². The van der Waals surface area contributed by atoms with E-state index in [2.05, 4.69) is 55.0 Å². The Morgan fingerprint density at radius 3 is 2.60 bits per heavy atom. The predicted octanol–water partition coefficient (Wildman–Crippen LogP) is 1.75. The summed E-state index contributed by atoms with van der Waals surface area (Å²) in [4.78, 5) is 13.6. The molecule has 0 saturated carbocycles. The summed E-state index contributed by atoms with van der Waals surface area (Å²) in [6, 6.07) is 0.420. The monoisotopic (exact) mass is 279 g/mol. The van der Waals surface area contributed by atoms with Gasteiger partial charge in [-0.05, 0) is 40.9 Å². The van der Waals surface area contributed by atoms with Crippen LogP contribution in [0, 0.1) is 0 Å². The van der Waals surface area contributed by atoms with E-state index in [1.165, 1.54) is 0 Å². The van der Waals surface area contributed by atoms with Crippen LogP contribution in [0.1, 0.15) is 32.9 Å². The number of nitrogens with one attached hydrogen (secondary N) is 1. The van der Waals surface area contributed by atoms with E-state index >= 15 is 0 Å². The van der Waals surface area contributed by atoms with Crippen LogP contribution in [0.15, 0.2) is 12.4 Å². The van der Waals surface area contributed by atoms with Crippen LogP contribution in [-0.4, -0.2) is 54.6 Å². The summed E-state index contributed by atoms with van der Waals surface area (Å²) >= 11 is 0. The molecule has 0 aliphatic carbocycles. The highest BCUT2D eigenvalue weighted by Crippen LogP contribution is 2.13. The molecule has 1 atom stereocenters. The van der Waals surface area contributed by atoms with Crippen molar-refractivity contribution < 1.29 is 0 Å². The molecular weight excluding hydrogens is 250 g/mol. The molecule has 0 spiro atoms. The maximum Gasteiger partial charge on any atom is 0.147 e. The summed E-state index contributed by atoms with van der Waals surface area (Å²) in [5, 5.41) is 3.37. The zero-order chi connectivity index (χ0) is 15.0. The molecule has 0 aliphatic heterocycles. The third-order valence-corrected chi connectivity index (χ3v) is 3.20. The molecule has 0 aliphatic rings. The van der Waals surface area contributed by atoms with Gasteiger partial charge < -0.3 is 15.1 Å². The van der Waals surface area contributed by atoms with Gasteiger partial charge in [-0.15, -0.1) is 0 Å². The quantitative estimate of drug-likeness (QED) is 0.698. The van der Waals surface area contributed by atoms with Crippen LogP contribution in [-0.2, 0) is 6.54 Å². The van der Waals surface area contributed by atoms with Gasteiger partial charge in [0.05, 0.1) is 11.9 Å². The highest BCUT2D eigenvalue weighted by atomic mass is 15.2. The summed E-state index contributed by atoms with van der Waals surface area (Å²) in [7, 11) is 4.20. The SMILES string of the molecule is CCCNCc1cncc(N(CC)C(C)CN(C)C)n1. The first-order valence-electron chi connectivity index (χ1n) is 7.51. The van der Waals surface area contributed by atoms with Crippen LogP contribution in [0.4, 0.5) is 5.82 Å². The summed E-state index contributed by atoms with van der Waals surface area (Å²) in [6.07, 6.45) is 4.84. The van der Waals surface area contributed by atoms with Crippen molar-refractivity contribution in [3.05, 3.63) is 18.1 Å². The zero-order valence-corrected chi connectivity index (χ0v) is 13.6. The molecule has 114 valence electrons. The Labute approximate surface area is 123 Å². The van der Waals surface area contributed by atoms with Crippen molar-refractivity contribution in [2.24, 2.45) is 0 Å². The number of rotatable bonds is 9. The van der Waals surface area contributed by atoms with Gasteiger partial charge in [0.25, 0.3) is 0 Å². The Hall–Kier alpha value is -1.20. The number of hydrogen-bond acceptors (Lipinski definition) is 5. The molecule has 5 nitrogen and oxygen atoms in total. The predicted molar refractivity (Wildman–Crippen MR) is 85.1 cm³/mol. The van der Waals surface area contributed by atoms with Crippen molar-refractivity contribution in [3.63, 3.8) is 0 Å². The van der Waals surface area contributed by atoms with E-state index in [-0.39, 0.29) is 0 Å². The average Bonchev–Trinajstić information content (AvgIpc) is 2.39. The Morgan fingerprint density at radius 2 is 2.00 bits per heavy atom. The smallest absolute Gasteiger partial charge is 0.147 e. The van der Waals surface area contributed by atoms with Crippen LogP contribution < -0.4 is 10.2 Å². The Bertz CT molecular complexity index is 380. The van der Waals surface area contributed by atoms with Gasteiger partial charge in [-0.1, -0.05) is 6.92 Å². The lowest BCUT2D eigenvalue weighted by molar-refractivity contribution is 0.372. The maximum absolute atomic E-state index is 4.73. The van der Waals surface area contributed by atoms with Crippen LogP contribution in [0.5, 0.6) is 0 Å². The Kier molecular flexibility index (Phi) is 7.47. The number of nitrogens with zero attached hydrogens (tertiary/aromatic N) is 4. The largest absolute Gasteiger partial charge is 0.352 e. The van der Waals surface area contributed by atoms with Crippen molar-refractivity contribution in [2.75, 3.05) is 38.6 Å². The molecule has 1 N–H and O–H groups in total. The van der Waals surface area contributed by atoms with Gasteiger partial charge in [0, 0.05) is 31.9 Å². The molecule has 20 heavy (non-hydrogen) atoms. The Balaban J connectivity index is 2.74. The van der Waals surface area contributed by atoms with Crippen molar-refractivity contribution in [1.82, 2.24) is 20.2 Å². The second kappa shape index (κ2) is 8.87. The normalized spacial score (nSPS) is 12.7. The molecule has 1 heterocycles. The van der Waals surface area contributed by atoms with Crippen molar-refractivity contribution >= 4 is 5.82 Å². The van der Waals surface area contributed by atoms with Crippen LogP contribution in [0.25, 0.3) is 0 Å². The first-order valence-corrected chi connectivity index (χ1v) is 7.51. The lowest BCUT2D eigenvalue weighted by atomic mass is 10.2. The van der Waals surface area contributed by atoms with Crippen LogP contribution in [0.2, 0.25) is 0 Å². The molecule has 0 radical (unpaired) electrons. The van der Waals surface area contributed by atoms with Crippen molar-refractivity contribution in [2.45, 2.75) is 39.8 Å². The van der Waals surface area contributed by atoms with Crippen molar-refractivity contribution in [1.29, 1.82) is 0 Å². The number of likely N-dealkylation sites (N-methyl/N-ethyl adjacent to an activating group) is 2. The molecule has 0 aromatic carbocycles. The number of aromatic nitrogens is 2. The zero-order valence-electron chi connectivity index (χ0n) is 13.6. The molecule has 5 heteroatoms. The number of hydrogen-bond donors (Lipinski definition) is 1. The summed E-state index contributed by atoms with van der Waals surface area (Å²) < 4.78 is 0. The van der Waals surface area contributed by atoms with Gasteiger partial charge in [-0.3, -0.25) is 4.98 Å². The standard InChI is InChI=1S/C15H29N5/c1-6-8-16-9-14-10-17-11-15(18-14)20(7-2)13(3)12-19(4)5/h10-11,13,16H,6-9,12H2,1-5H3. The minimum Gasteiger partial charge on any atom is -0.352 e. The molecule has 0 fully saturated rings. The fraction of sp³-hybridized carbons (Fsp3) is 0.733. The second-order valence-corrected chi connectivity index (χ2v) is 5.44. The fourth-order valence-corrected chi connectivity index (χ4v) is 2.34. The van der Waals surface area contributed by atoms with Gasteiger partial charge in [-0.2, -0.15) is 0 Å². The number of anilines is 1. The summed E-state index contributed by atoms with van der Waals surface area (Å²) in [6.45, 7) is 10.3. The summed E-state index contributed by atoms with van der Waals surface area (Å²) in [5.74, 6) is 0.970. The minimum absolute atomic E-state index is 0.420. The van der Waals surface area contributed by atoms with Gasteiger partial charge >= 0.3 is 0 Å². The maximum atomic E-state index is 4.73. The fourth-order valence-electron chi connectivity index (χ4n) is 2.34. The minimum atomic E-state index is 0.420. The van der Waals surface area contributed by atoms with Gasteiger partial charge in [-0.25, -0.2) is 4.98 Å². The van der Waals surface area contributed by atoms with E-state index < -0.39 is 0 Å². The second-order valence-electron chi connectivity index (χ2n) is 5.44. The van der Waals surface area contributed by atoms with E-state index in [9.17, 15) is 0 Å². The highest BCUT2D eigenvalue weighted by Gasteiger charge is 2.15. The first-order chi connectivity index (χ1) is 9.58. The molecule has 0 amide bonds. The molecule has 1 aromatic heterocycles. The van der Waals surface area contributed by atoms with E-state index in [0.29, 0.717) is 6.04 Å². The molecule has 1 aromatic rings. The lowest BCUT2D eigenvalue weighted by Crippen LogP contribution is -2.40. The topological polar surface area (TPSA) is 44.3 Å². The Morgan fingerprint density at radius 1 is 1.25 bits per heavy atom. The van der Waals surface area contributed by atoms with E-state index in [1.807, 2.05) is 12.4 Å². The molecule has 1 rings (SSSR count). The molecular formula is C15H29N5. The van der Waals surface area contributed by atoms with Crippen molar-refractivity contribution in [3.8, 4) is 0 Å². The van der Waals surface area contributed by atoms with E-state index in [1.54, 1.807) is 0 Å². The van der Waals surface area contributed by atoms with Crippen LogP contribution >= 0.6 is 0 Å². The van der Waals surface area contributed by atoms with Gasteiger partial charge in [0.15, 0.2) is 0 Å². The highest BCUT2D eigenvalue weighted by molar-refractivity contribution is 5.37. The molecule has 0 bridgehead atoms. The molecule has 1 unspecified atom stereocenters. The van der Waals surface area contributed by atoms with E-state index in [4.69, 9.17) is 4.98 Å². The average molecular weight is 279 g/mol. The van der Waals surface area contributed by atoms with Gasteiger partial charge in [0.2, 0.25) is 0 Å². The van der Waals surface area contributed by atoms with Crippen LogP contribution in [0.3, 0.4) is 0 Å². The first kappa shape index (κ1) is 16.9. The van der Waals surface area contributed by atoms with E-state index in [0.717, 1.165) is 44.1 Å². The lowest BCUT2D eigenvalue weighted by Gasteiger charge is -2.31. The third-order valence-electron chi connectivity index (χ3n) is 3.20. The summed E-state index contributed by atoms with van der Waals surface area (Å²) in [5.41, 5.74) is 1.01. The molecule has 0 saturated heterocycles. The third kappa shape index (κ3) is 5.43.